The maximum atomic E-state index is 2.52. The van der Waals surface area contributed by atoms with E-state index < -0.39 is 0 Å². The molecule has 0 spiro atoms. The van der Waals surface area contributed by atoms with Gasteiger partial charge in [-0.25, -0.2) is 0 Å². The Balaban J connectivity index is 1.13. The summed E-state index contributed by atoms with van der Waals surface area (Å²) in [4.78, 5) is 4.87. The van der Waals surface area contributed by atoms with Crippen molar-refractivity contribution < 1.29 is 0 Å². The van der Waals surface area contributed by atoms with Crippen molar-refractivity contribution >= 4 is 55.7 Å². The Morgan fingerprint density at radius 2 is 0.590 bits per heavy atom. The van der Waals surface area contributed by atoms with E-state index in [1.54, 1.807) is 0 Å². The van der Waals surface area contributed by atoms with Crippen LogP contribution in [0.1, 0.15) is 103 Å². The average Bonchev–Trinajstić information content (AvgIpc) is 3.88. The second kappa shape index (κ2) is 18.1. The van der Waals surface area contributed by atoms with Crippen molar-refractivity contribution in [2.75, 3.05) is 9.80 Å². The number of rotatable bonds is 8. The van der Waals surface area contributed by atoms with Gasteiger partial charge in [0.2, 0.25) is 0 Å². The van der Waals surface area contributed by atoms with Gasteiger partial charge in [0, 0.05) is 45.0 Å². The molecule has 2 aliphatic carbocycles. The zero-order chi connectivity index (χ0) is 53.9. The molecule has 0 fully saturated rings. The molecule has 11 aromatic carbocycles. The van der Waals surface area contributed by atoms with E-state index in [0.717, 1.165) is 34.1 Å². The maximum Gasteiger partial charge on any atom is 0.0468 e. The second-order valence-electron chi connectivity index (χ2n) is 25.0. The fraction of sp³-hybridized carbons (Fsp3) is 0.184. The Morgan fingerprint density at radius 3 is 0.962 bits per heavy atom. The van der Waals surface area contributed by atoms with Gasteiger partial charge >= 0.3 is 0 Å². The molecule has 2 aliphatic rings. The van der Waals surface area contributed by atoms with Gasteiger partial charge in [0.1, 0.15) is 0 Å². The molecule has 0 bridgehead atoms. The lowest BCUT2D eigenvalue weighted by Gasteiger charge is -2.29. The molecule has 0 saturated carbocycles. The Labute approximate surface area is 462 Å². The van der Waals surface area contributed by atoms with Crippen LogP contribution < -0.4 is 9.80 Å². The molecule has 0 unspecified atom stereocenters. The molecule has 2 heteroatoms. The second-order valence-corrected chi connectivity index (χ2v) is 25.0. The summed E-state index contributed by atoms with van der Waals surface area (Å²) in [6.45, 7) is 23.3. The van der Waals surface area contributed by atoms with Gasteiger partial charge in [-0.1, -0.05) is 215 Å². The van der Waals surface area contributed by atoms with Crippen LogP contribution in [0.2, 0.25) is 0 Å². The number of anilines is 6. The fourth-order valence-corrected chi connectivity index (χ4v) is 13.1. The van der Waals surface area contributed by atoms with E-state index in [1.807, 2.05) is 0 Å². The van der Waals surface area contributed by atoms with E-state index >= 15 is 0 Å². The van der Waals surface area contributed by atoms with Gasteiger partial charge in [0.15, 0.2) is 0 Å². The average molecular weight is 1010 g/mol. The van der Waals surface area contributed by atoms with E-state index in [9.17, 15) is 0 Å². The number of nitrogens with zero attached hydrogens (tertiary/aromatic N) is 2. The number of fused-ring (bicyclic) bond motifs is 8. The Hall–Kier alpha value is -8.46. The van der Waals surface area contributed by atoms with E-state index in [4.69, 9.17) is 0 Å². The van der Waals surface area contributed by atoms with Crippen LogP contribution in [0.4, 0.5) is 34.1 Å². The first-order valence-electron chi connectivity index (χ1n) is 27.9. The normalized spacial score (nSPS) is 14.0. The summed E-state index contributed by atoms with van der Waals surface area (Å²) in [5.41, 5.74) is 24.7. The van der Waals surface area contributed by atoms with Crippen LogP contribution in [-0.2, 0) is 21.7 Å². The third-order valence-corrected chi connectivity index (χ3v) is 17.4. The number of hydrogen-bond acceptors (Lipinski definition) is 2. The molecular weight excluding hydrogens is 941 g/mol. The standard InChI is InChI=1S/C76H68N2/c1-73(2,3)51-31-35-55(36-32-51)77(53-21-13-11-14-22-53)57-39-43-63-65(47-57)71(49-29-41-61-59-25-17-19-27-67(59)75(7,8)69(61)45-49)64-44-40-58(78(54-23-15-12-16-24-54)56-37-33-52(34-38-56)74(4,5)6)48-66(64)72(63)50-30-42-62-60-26-18-20-28-68(60)76(9,10)70(62)46-50/h11-48H,1-10H3. The summed E-state index contributed by atoms with van der Waals surface area (Å²) < 4.78 is 0. The van der Waals surface area contributed by atoms with Crippen molar-refractivity contribution in [2.45, 2.75) is 90.9 Å². The first-order chi connectivity index (χ1) is 37.5. The molecule has 78 heavy (non-hydrogen) atoms. The van der Waals surface area contributed by atoms with Crippen molar-refractivity contribution in [1.29, 1.82) is 0 Å². The molecule has 0 saturated heterocycles. The van der Waals surface area contributed by atoms with Crippen LogP contribution in [0.25, 0.3) is 66.1 Å². The molecular formula is C76H68N2. The fourth-order valence-electron chi connectivity index (χ4n) is 13.1. The maximum absolute atomic E-state index is 2.52. The summed E-state index contributed by atoms with van der Waals surface area (Å²) in [6.07, 6.45) is 0. The van der Waals surface area contributed by atoms with E-state index in [-0.39, 0.29) is 21.7 Å². The summed E-state index contributed by atoms with van der Waals surface area (Å²) in [7, 11) is 0. The minimum atomic E-state index is -0.178. The summed E-state index contributed by atoms with van der Waals surface area (Å²) in [5.74, 6) is 0. The molecule has 0 amide bonds. The molecule has 382 valence electrons. The number of hydrogen-bond donors (Lipinski definition) is 0. The highest BCUT2D eigenvalue weighted by Gasteiger charge is 2.37. The van der Waals surface area contributed by atoms with Crippen LogP contribution >= 0.6 is 0 Å². The van der Waals surface area contributed by atoms with Gasteiger partial charge in [0.25, 0.3) is 0 Å². The van der Waals surface area contributed by atoms with Crippen molar-refractivity contribution in [3.63, 3.8) is 0 Å². The lowest BCUT2D eigenvalue weighted by Crippen LogP contribution is -2.15. The van der Waals surface area contributed by atoms with Crippen molar-refractivity contribution in [1.82, 2.24) is 0 Å². The molecule has 11 aromatic rings. The topological polar surface area (TPSA) is 6.48 Å². The summed E-state index contributed by atoms with van der Waals surface area (Å²) >= 11 is 0. The van der Waals surface area contributed by atoms with Crippen LogP contribution in [-0.4, -0.2) is 0 Å². The SMILES string of the molecule is CC(C)(C)c1ccc(N(c2ccccc2)c2ccc3c(-c4ccc5c(c4)C(C)(C)c4ccccc4-5)c4cc(N(c5ccccc5)c5ccc(C(C)(C)C)cc5)ccc4c(-c4ccc5c(c4)C(C)(C)c4ccccc4-5)c3c2)cc1. The molecule has 13 rings (SSSR count). The van der Waals surface area contributed by atoms with Gasteiger partial charge in [-0.05, 0) is 195 Å². The van der Waals surface area contributed by atoms with Gasteiger partial charge in [-0.15, -0.1) is 0 Å². The Kier molecular flexibility index (Phi) is 11.4. The van der Waals surface area contributed by atoms with Crippen LogP contribution in [0, 0.1) is 0 Å². The predicted octanol–water partition coefficient (Wildman–Crippen LogP) is 21.5. The number of benzene rings is 11. The van der Waals surface area contributed by atoms with Crippen LogP contribution in [0.3, 0.4) is 0 Å². The molecule has 0 aromatic heterocycles. The van der Waals surface area contributed by atoms with Gasteiger partial charge in [0.05, 0.1) is 0 Å². The first-order valence-corrected chi connectivity index (χ1v) is 27.9. The summed E-state index contributed by atoms with van der Waals surface area (Å²) in [5, 5.41) is 4.85. The summed E-state index contributed by atoms with van der Waals surface area (Å²) in [6, 6.07) is 87.3. The van der Waals surface area contributed by atoms with Crippen LogP contribution in [0.5, 0.6) is 0 Å². The van der Waals surface area contributed by atoms with Gasteiger partial charge < -0.3 is 9.80 Å². The Bertz CT molecular complexity index is 3860. The minimum absolute atomic E-state index is 0.0294. The predicted molar refractivity (Wildman–Crippen MR) is 334 cm³/mol. The smallest absolute Gasteiger partial charge is 0.0468 e. The molecule has 0 atom stereocenters. The zero-order valence-electron chi connectivity index (χ0n) is 46.8. The zero-order valence-corrected chi connectivity index (χ0v) is 46.8. The molecule has 0 heterocycles. The van der Waals surface area contributed by atoms with Crippen molar-refractivity contribution in [2.24, 2.45) is 0 Å². The number of para-hydroxylation sites is 2. The lowest BCUT2D eigenvalue weighted by atomic mass is 9.79. The third-order valence-electron chi connectivity index (χ3n) is 17.4. The molecule has 0 aliphatic heterocycles. The van der Waals surface area contributed by atoms with E-state index in [0.29, 0.717) is 0 Å². The Morgan fingerprint density at radius 1 is 0.269 bits per heavy atom. The molecule has 0 radical (unpaired) electrons. The monoisotopic (exact) mass is 1010 g/mol. The highest BCUT2D eigenvalue weighted by atomic mass is 15.1. The van der Waals surface area contributed by atoms with Crippen LogP contribution in [0.15, 0.2) is 231 Å². The van der Waals surface area contributed by atoms with Crippen molar-refractivity contribution in [3.8, 4) is 44.5 Å². The lowest BCUT2D eigenvalue weighted by molar-refractivity contribution is 0.590. The van der Waals surface area contributed by atoms with Gasteiger partial charge in [-0.3, -0.25) is 0 Å². The van der Waals surface area contributed by atoms with E-state index in [2.05, 4.69) is 310 Å². The van der Waals surface area contributed by atoms with Crippen molar-refractivity contribution in [3.05, 3.63) is 264 Å². The third kappa shape index (κ3) is 7.98. The molecule has 2 nitrogen and oxygen atoms in total. The largest absolute Gasteiger partial charge is 0.310 e. The minimum Gasteiger partial charge on any atom is -0.310 e. The molecule has 0 N–H and O–H groups in total. The highest BCUT2D eigenvalue weighted by molar-refractivity contribution is 6.23. The van der Waals surface area contributed by atoms with E-state index in [1.165, 1.54) is 99.4 Å². The first kappa shape index (κ1) is 49.1. The quantitative estimate of drug-likeness (QED) is 0.140. The highest BCUT2D eigenvalue weighted by Crippen LogP contribution is 2.55. The van der Waals surface area contributed by atoms with Gasteiger partial charge in [-0.2, -0.15) is 0 Å².